The number of rotatable bonds is 5. The number of benzene rings is 2. The van der Waals surface area contributed by atoms with E-state index in [0.717, 1.165) is 5.56 Å². The number of likely N-dealkylation sites (N-methyl/N-ethyl adjacent to an activating group) is 1. The van der Waals surface area contributed by atoms with E-state index in [-0.39, 0.29) is 11.9 Å². The average molecular weight is 328 g/mol. The van der Waals surface area contributed by atoms with E-state index in [9.17, 15) is 4.79 Å². The minimum atomic E-state index is -0.207. The van der Waals surface area contributed by atoms with Crippen LogP contribution >= 0.6 is 11.6 Å². The van der Waals surface area contributed by atoms with Crippen molar-refractivity contribution < 1.29 is 4.79 Å². The maximum absolute atomic E-state index is 12.3. The molecule has 0 heterocycles. The maximum Gasteiger partial charge on any atom is 0.251 e. The van der Waals surface area contributed by atoms with Gasteiger partial charge < -0.3 is 10.2 Å². The first kappa shape index (κ1) is 17.0. The van der Waals surface area contributed by atoms with Crippen molar-refractivity contribution >= 4 is 17.5 Å². The number of amides is 1. The maximum atomic E-state index is 12.3. The zero-order valence-corrected chi connectivity index (χ0v) is 13.8. The van der Waals surface area contributed by atoms with E-state index in [0.29, 0.717) is 22.7 Å². The van der Waals surface area contributed by atoms with Gasteiger partial charge in [0.2, 0.25) is 0 Å². The van der Waals surface area contributed by atoms with Crippen LogP contribution in [0.2, 0.25) is 5.02 Å². The molecule has 1 amide bonds. The minimum absolute atomic E-state index is 0.0354. The molecular formula is C18H18ClN3O. The number of nitriles is 1. The van der Waals surface area contributed by atoms with Crippen molar-refractivity contribution in [2.75, 3.05) is 20.6 Å². The van der Waals surface area contributed by atoms with Gasteiger partial charge in [-0.25, -0.2) is 0 Å². The second-order valence-corrected chi connectivity index (χ2v) is 5.81. The van der Waals surface area contributed by atoms with Crippen molar-refractivity contribution in [1.82, 2.24) is 10.2 Å². The molecule has 2 rings (SSSR count). The van der Waals surface area contributed by atoms with Crippen LogP contribution in [0.25, 0.3) is 0 Å². The molecule has 0 aliphatic carbocycles. The van der Waals surface area contributed by atoms with Gasteiger partial charge in [-0.3, -0.25) is 4.79 Å². The predicted octanol–water partition coefficient (Wildman–Crippen LogP) is 3.24. The Balaban J connectivity index is 2.12. The summed E-state index contributed by atoms with van der Waals surface area (Å²) in [4.78, 5) is 14.3. The van der Waals surface area contributed by atoms with Crippen LogP contribution in [0.3, 0.4) is 0 Å². The first-order chi connectivity index (χ1) is 11.0. The molecule has 0 aliphatic rings. The van der Waals surface area contributed by atoms with E-state index in [2.05, 4.69) is 5.32 Å². The van der Waals surface area contributed by atoms with Gasteiger partial charge in [-0.05, 0) is 43.9 Å². The zero-order valence-electron chi connectivity index (χ0n) is 13.1. The molecule has 0 saturated heterocycles. The van der Waals surface area contributed by atoms with Crippen LogP contribution in [0.15, 0.2) is 48.5 Å². The number of carbonyl (C=O) groups is 1. The van der Waals surface area contributed by atoms with Crippen LogP contribution in [0, 0.1) is 11.3 Å². The third-order valence-electron chi connectivity index (χ3n) is 3.60. The van der Waals surface area contributed by atoms with Gasteiger partial charge in [0, 0.05) is 17.1 Å². The molecule has 1 unspecified atom stereocenters. The molecule has 118 valence electrons. The van der Waals surface area contributed by atoms with Gasteiger partial charge >= 0.3 is 0 Å². The summed E-state index contributed by atoms with van der Waals surface area (Å²) in [5, 5.41) is 12.5. The van der Waals surface area contributed by atoms with Crippen molar-refractivity contribution in [3.63, 3.8) is 0 Å². The van der Waals surface area contributed by atoms with Crippen LogP contribution in [-0.2, 0) is 0 Å². The highest BCUT2D eigenvalue weighted by Gasteiger charge is 2.18. The van der Waals surface area contributed by atoms with Gasteiger partial charge in [0.05, 0.1) is 17.7 Å². The molecule has 0 spiro atoms. The average Bonchev–Trinajstić information content (AvgIpc) is 2.56. The fourth-order valence-corrected chi connectivity index (χ4v) is 2.60. The lowest BCUT2D eigenvalue weighted by molar-refractivity contribution is 0.0942. The zero-order chi connectivity index (χ0) is 16.8. The number of hydrogen-bond donors (Lipinski definition) is 1. The lowest BCUT2D eigenvalue weighted by atomic mass is 10.1. The standard InChI is InChI=1S/C18H18ClN3O/c1-22(2)17(15-8-3-4-9-16(15)19)12-21-18(23)14-7-5-6-13(10-14)11-20/h3-10,17H,12H2,1-2H3,(H,21,23). The van der Waals surface area contributed by atoms with E-state index in [4.69, 9.17) is 16.9 Å². The molecule has 2 aromatic rings. The van der Waals surface area contributed by atoms with Gasteiger partial charge in [0.1, 0.15) is 0 Å². The number of carbonyl (C=O) groups excluding carboxylic acids is 1. The Labute approximate surface area is 141 Å². The summed E-state index contributed by atoms with van der Waals surface area (Å²) in [7, 11) is 3.88. The summed E-state index contributed by atoms with van der Waals surface area (Å²) in [6, 6.07) is 16.2. The van der Waals surface area contributed by atoms with Gasteiger partial charge in [-0.1, -0.05) is 35.9 Å². The van der Waals surface area contributed by atoms with E-state index in [1.807, 2.05) is 49.3 Å². The normalized spacial score (nSPS) is 11.8. The van der Waals surface area contributed by atoms with Gasteiger partial charge in [0.15, 0.2) is 0 Å². The van der Waals surface area contributed by atoms with E-state index >= 15 is 0 Å². The van der Waals surface area contributed by atoms with Crippen LogP contribution in [0.4, 0.5) is 0 Å². The molecule has 2 aromatic carbocycles. The molecule has 0 fully saturated rings. The summed E-state index contributed by atoms with van der Waals surface area (Å²) in [6.45, 7) is 0.423. The number of hydrogen-bond acceptors (Lipinski definition) is 3. The first-order valence-corrected chi connectivity index (χ1v) is 7.60. The lowest BCUT2D eigenvalue weighted by Gasteiger charge is -2.26. The number of halogens is 1. The van der Waals surface area contributed by atoms with Crippen molar-refractivity contribution in [1.29, 1.82) is 5.26 Å². The molecule has 1 atom stereocenters. The third kappa shape index (κ3) is 4.32. The molecule has 0 radical (unpaired) electrons. The first-order valence-electron chi connectivity index (χ1n) is 7.22. The fourth-order valence-electron chi connectivity index (χ4n) is 2.34. The van der Waals surface area contributed by atoms with Gasteiger partial charge in [-0.2, -0.15) is 5.26 Å². The fraction of sp³-hybridized carbons (Fsp3) is 0.222. The summed E-state index contributed by atoms with van der Waals surface area (Å²) < 4.78 is 0. The molecule has 0 aliphatic heterocycles. The van der Waals surface area contributed by atoms with Crippen molar-refractivity contribution in [2.45, 2.75) is 6.04 Å². The summed E-state index contributed by atoms with van der Waals surface area (Å²) in [6.07, 6.45) is 0. The Bertz CT molecular complexity index is 737. The Morgan fingerprint density at radius 2 is 2.00 bits per heavy atom. The second kappa shape index (κ2) is 7.77. The largest absolute Gasteiger partial charge is 0.350 e. The van der Waals surface area contributed by atoms with Gasteiger partial charge in [-0.15, -0.1) is 0 Å². The molecule has 0 aromatic heterocycles. The topological polar surface area (TPSA) is 56.1 Å². The number of nitrogens with zero attached hydrogens (tertiary/aromatic N) is 2. The van der Waals surface area contributed by atoms with Crippen LogP contribution in [0.1, 0.15) is 27.5 Å². The molecular weight excluding hydrogens is 310 g/mol. The van der Waals surface area contributed by atoms with E-state index in [1.54, 1.807) is 24.3 Å². The molecule has 1 N–H and O–H groups in total. The molecule has 0 saturated carbocycles. The van der Waals surface area contributed by atoms with Crippen LogP contribution in [-0.4, -0.2) is 31.4 Å². The van der Waals surface area contributed by atoms with E-state index < -0.39 is 0 Å². The predicted molar refractivity (Wildman–Crippen MR) is 91.4 cm³/mol. The highest BCUT2D eigenvalue weighted by Crippen LogP contribution is 2.25. The lowest BCUT2D eigenvalue weighted by Crippen LogP contribution is -2.34. The molecule has 4 nitrogen and oxygen atoms in total. The monoisotopic (exact) mass is 327 g/mol. The highest BCUT2D eigenvalue weighted by molar-refractivity contribution is 6.31. The SMILES string of the molecule is CN(C)C(CNC(=O)c1cccc(C#N)c1)c1ccccc1Cl. The molecule has 0 bridgehead atoms. The van der Waals surface area contributed by atoms with Crippen molar-refractivity contribution in [3.8, 4) is 6.07 Å². The van der Waals surface area contributed by atoms with Crippen molar-refractivity contribution in [3.05, 3.63) is 70.2 Å². The second-order valence-electron chi connectivity index (χ2n) is 5.40. The summed E-state index contributed by atoms with van der Waals surface area (Å²) in [5.41, 5.74) is 1.90. The Morgan fingerprint density at radius 3 is 2.65 bits per heavy atom. The van der Waals surface area contributed by atoms with E-state index in [1.165, 1.54) is 0 Å². The Kier molecular flexibility index (Phi) is 5.75. The third-order valence-corrected chi connectivity index (χ3v) is 3.94. The van der Waals surface area contributed by atoms with Crippen molar-refractivity contribution in [2.24, 2.45) is 0 Å². The highest BCUT2D eigenvalue weighted by atomic mass is 35.5. The number of nitrogens with one attached hydrogen (secondary N) is 1. The summed E-state index contributed by atoms with van der Waals surface area (Å²) >= 11 is 6.26. The van der Waals surface area contributed by atoms with Gasteiger partial charge in [0.25, 0.3) is 5.91 Å². The Morgan fingerprint density at radius 1 is 1.26 bits per heavy atom. The van der Waals surface area contributed by atoms with Crippen LogP contribution < -0.4 is 5.32 Å². The summed E-state index contributed by atoms with van der Waals surface area (Å²) in [5.74, 6) is -0.207. The molecule has 23 heavy (non-hydrogen) atoms. The quantitative estimate of drug-likeness (QED) is 0.917. The minimum Gasteiger partial charge on any atom is -0.350 e. The molecule has 5 heteroatoms. The Hall–Kier alpha value is -2.35. The smallest absolute Gasteiger partial charge is 0.251 e. The van der Waals surface area contributed by atoms with Crippen LogP contribution in [0.5, 0.6) is 0 Å².